The monoisotopic (exact) mass is 376 g/mol. The second-order valence-electron chi connectivity index (χ2n) is 5.54. The highest BCUT2D eigenvalue weighted by Crippen LogP contribution is 2.39. The average molecular weight is 377 g/mol. The van der Waals surface area contributed by atoms with Gasteiger partial charge in [-0.3, -0.25) is 4.90 Å². The molecule has 0 amide bonds. The summed E-state index contributed by atoms with van der Waals surface area (Å²) in [6.45, 7) is 1.96. The van der Waals surface area contributed by atoms with Gasteiger partial charge >= 0.3 is 12.4 Å². The molecule has 1 aromatic rings. The van der Waals surface area contributed by atoms with Gasteiger partial charge < -0.3 is 5.32 Å². The summed E-state index contributed by atoms with van der Waals surface area (Å²) < 4.78 is 77.3. The van der Waals surface area contributed by atoms with E-state index in [0.717, 1.165) is 6.07 Å². The van der Waals surface area contributed by atoms with Crippen molar-refractivity contribution in [2.24, 2.45) is 0 Å². The number of rotatable bonds is 4. The van der Waals surface area contributed by atoms with Crippen molar-refractivity contribution in [1.82, 2.24) is 10.2 Å². The molecule has 1 atom stereocenters. The first-order chi connectivity index (χ1) is 10.7. The highest BCUT2D eigenvalue weighted by Gasteiger charge is 2.38. The van der Waals surface area contributed by atoms with Crippen LogP contribution in [0.3, 0.4) is 0 Å². The zero-order valence-corrected chi connectivity index (χ0v) is 13.6. The Labute approximate surface area is 142 Å². The smallest absolute Gasteiger partial charge is 0.314 e. The van der Waals surface area contributed by atoms with Gasteiger partial charge in [0.15, 0.2) is 0 Å². The molecule has 0 aromatic heterocycles. The Kier molecular flexibility index (Phi) is 7.37. The number of nitrogens with one attached hydrogen (secondary N) is 1. The average Bonchev–Trinajstić information content (AvgIpc) is 2.47. The molecule has 138 valence electrons. The molecule has 24 heavy (non-hydrogen) atoms. The Balaban J connectivity index is 0.00000288. The predicted molar refractivity (Wildman–Crippen MR) is 81.2 cm³/mol. The molecule has 1 heterocycles. The van der Waals surface area contributed by atoms with Crippen molar-refractivity contribution < 1.29 is 26.3 Å². The van der Waals surface area contributed by atoms with Gasteiger partial charge in [-0.2, -0.15) is 26.3 Å². The zero-order valence-electron chi connectivity index (χ0n) is 12.8. The number of halogens is 7. The standard InChI is InChI=1S/C15H18F6N2.ClH/c16-14(17,18)6-5-13(23-9-7-22-8-10-23)11-3-1-2-4-12(11)15(19,20)21;/h1-4,13,22H,5-10H2;1H/t13-;/m1./s1. The van der Waals surface area contributed by atoms with Crippen molar-refractivity contribution in [2.45, 2.75) is 31.2 Å². The third-order valence-electron chi connectivity index (χ3n) is 3.92. The van der Waals surface area contributed by atoms with E-state index in [1.807, 2.05) is 0 Å². The summed E-state index contributed by atoms with van der Waals surface area (Å²) in [6.07, 6.45) is -10.5. The van der Waals surface area contributed by atoms with E-state index in [-0.39, 0.29) is 24.4 Å². The number of nitrogens with zero attached hydrogens (tertiary/aromatic N) is 1. The summed E-state index contributed by atoms with van der Waals surface area (Å²) in [5, 5.41) is 3.05. The molecule has 0 bridgehead atoms. The fraction of sp³-hybridized carbons (Fsp3) is 0.600. The van der Waals surface area contributed by atoms with Crippen molar-refractivity contribution in [3.63, 3.8) is 0 Å². The molecule has 1 aliphatic heterocycles. The van der Waals surface area contributed by atoms with Gasteiger partial charge in [0.2, 0.25) is 0 Å². The first-order valence-corrected chi connectivity index (χ1v) is 7.36. The number of hydrogen-bond acceptors (Lipinski definition) is 2. The van der Waals surface area contributed by atoms with Crippen molar-refractivity contribution in [3.8, 4) is 0 Å². The Morgan fingerprint density at radius 1 is 1.00 bits per heavy atom. The summed E-state index contributed by atoms with van der Waals surface area (Å²) >= 11 is 0. The minimum Gasteiger partial charge on any atom is -0.314 e. The second-order valence-corrected chi connectivity index (χ2v) is 5.54. The fourth-order valence-corrected chi connectivity index (χ4v) is 2.87. The van der Waals surface area contributed by atoms with Crippen molar-refractivity contribution in [2.75, 3.05) is 26.2 Å². The van der Waals surface area contributed by atoms with Crippen LogP contribution in [-0.4, -0.2) is 37.3 Å². The van der Waals surface area contributed by atoms with Crippen LogP contribution in [0.5, 0.6) is 0 Å². The van der Waals surface area contributed by atoms with Gasteiger partial charge in [0, 0.05) is 38.6 Å². The van der Waals surface area contributed by atoms with E-state index in [2.05, 4.69) is 5.32 Å². The maximum atomic E-state index is 13.2. The first kappa shape index (κ1) is 21.1. The Morgan fingerprint density at radius 3 is 2.12 bits per heavy atom. The highest BCUT2D eigenvalue weighted by molar-refractivity contribution is 5.85. The number of hydrogen-bond donors (Lipinski definition) is 1. The van der Waals surface area contributed by atoms with E-state index in [9.17, 15) is 26.3 Å². The lowest BCUT2D eigenvalue weighted by atomic mass is 9.94. The molecule has 0 aliphatic carbocycles. The molecule has 0 radical (unpaired) electrons. The highest BCUT2D eigenvalue weighted by atomic mass is 35.5. The van der Waals surface area contributed by atoms with Gasteiger partial charge in [-0.25, -0.2) is 0 Å². The molecule has 1 aromatic carbocycles. The molecular weight excluding hydrogens is 358 g/mol. The van der Waals surface area contributed by atoms with E-state index in [1.54, 1.807) is 4.90 Å². The number of piperazine rings is 1. The normalized spacial score (nSPS) is 18.1. The maximum absolute atomic E-state index is 13.2. The van der Waals surface area contributed by atoms with Crippen LogP contribution in [0.4, 0.5) is 26.3 Å². The molecule has 9 heteroatoms. The summed E-state index contributed by atoms with van der Waals surface area (Å²) in [6, 6.07) is 4.01. The first-order valence-electron chi connectivity index (χ1n) is 7.36. The van der Waals surface area contributed by atoms with Crippen LogP contribution in [0, 0.1) is 0 Å². The molecule has 2 rings (SSSR count). The molecule has 1 aliphatic rings. The predicted octanol–water partition coefficient (Wildman–Crippen LogP) is 4.42. The lowest BCUT2D eigenvalue weighted by Gasteiger charge is -2.36. The van der Waals surface area contributed by atoms with E-state index >= 15 is 0 Å². The molecular formula is C15H19ClF6N2. The molecule has 1 saturated heterocycles. The van der Waals surface area contributed by atoms with E-state index in [0.29, 0.717) is 26.2 Å². The van der Waals surface area contributed by atoms with Crippen molar-refractivity contribution >= 4 is 12.4 Å². The zero-order chi connectivity index (χ0) is 17.1. The van der Waals surface area contributed by atoms with E-state index < -0.39 is 30.4 Å². The molecule has 0 unspecified atom stereocenters. The van der Waals surface area contributed by atoms with Gasteiger partial charge in [0.1, 0.15) is 0 Å². The molecule has 0 saturated carbocycles. The minimum absolute atomic E-state index is 0. The molecule has 0 spiro atoms. The number of alkyl halides is 6. The Morgan fingerprint density at radius 2 is 1.58 bits per heavy atom. The summed E-state index contributed by atoms with van der Waals surface area (Å²) in [7, 11) is 0. The van der Waals surface area contributed by atoms with E-state index in [4.69, 9.17) is 0 Å². The molecule has 2 nitrogen and oxygen atoms in total. The number of benzene rings is 1. The quantitative estimate of drug-likeness (QED) is 0.783. The third-order valence-corrected chi connectivity index (χ3v) is 3.92. The largest absolute Gasteiger partial charge is 0.416 e. The topological polar surface area (TPSA) is 15.3 Å². The van der Waals surface area contributed by atoms with Gasteiger partial charge in [0.05, 0.1) is 5.56 Å². The van der Waals surface area contributed by atoms with Gasteiger partial charge in [-0.15, -0.1) is 12.4 Å². The summed E-state index contributed by atoms with van der Waals surface area (Å²) in [4.78, 5) is 1.70. The molecule has 1 N–H and O–H groups in total. The van der Waals surface area contributed by atoms with Crippen molar-refractivity contribution in [1.29, 1.82) is 0 Å². The van der Waals surface area contributed by atoms with Crippen LogP contribution in [0.2, 0.25) is 0 Å². The molecule has 1 fully saturated rings. The van der Waals surface area contributed by atoms with Gasteiger partial charge in [0.25, 0.3) is 0 Å². The second kappa shape index (κ2) is 8.40. The van der Waals surface area contributed by atoms with Crippen LogP contribution in [0.25, 0.3) is 0 Å². The lowest BCUT2D eigenvalue weighted by molar-refractivity contribution is -0.141. The maximum Gasteiger partial charge on any atom is 0.416 e. The lowest BCUT2D eigenvalue weighted by Crippen LogP contribution is -2.45. The van der Waals surface area contributed by atoms with Crippen LogP contribution < -0.4 is 5.32 Å². The van der Waals surface area contributed by atoms with Crippen LogP contribution in [-0.2, 0) is 6.18 Å². The Bertz CT molecular complexity index is 511. The Hall–Kier alpha value is -0.990. The third kappa shape index (κ3) is 5.82. The minimum atomic E-state index is -4.58. The SMILES string of the molecule is Cl.FC(F)(F)CC[C@H](c1ccccc1C(F)(F)F)N1CCNCC1. The van der Waals surface area contributed by atoms with Crippen LogP contribution >= 0.6 is 12.4 Å². The fourth-order valence-electron chi connectivity index (χ4n) is 2.87. The van der Waals surface area contributed by atoms with Crippen molar-refractivity contribution in [3.05, 3.63) is 35.4 Å². The van der Waals surface area contributed by atoms with Gasteiger partial charge in [-0.1, -0.05) is 18.2 Å². The van der Waals surface area contributed by atoms with Crippen LogP contribution in [0.1, 0.15) is 30.0 Å². The van der Waals surface area contributed by atoms with Gasteiger partial charge in [-0.05, 0) is 18.1 Å². The summed E-state index contributed by atoms with van der Waals surface area (Å²) in [5.74, 6) is 0. The van der Waals surface area contributed by atoms with E-state index in [1.165, 1.54) is 18.2 Å². The summed E-state index contributed by atoms with van der Waals surface area (Å²) in [5.41, 5.74) is -0.933. The van der Waals surface area contributed by atoms with Crippen LogP contribution in [0.15, 0.2) is 24.3 Å².